The molecule has 0 heterocycles. The van der Waals surface area contributed by atoms with Crippen LogP contribution < -0.4 is 0 Å². The van der Waals surface area contributed by atoms with Crippen molar-refractivity contribution in [2.75, 3.05) is 13.1 Å². The minimum atomic E-state index is 0.0600. The van der Waals surface area contributed by atoms with Gasteiger partial charge in [0.15, 0.2) is 0 Å². The van der Waals surface area contributed by atoms with Gasteiger partial charge in [-0.3, -0.25) is 4.79 Å². The van der Waals surface area contributed by atoms with Crippen LogP contribution in [0.3, 0.4) is 0 Å². The summed E-state index contributed by atoms with van der Waals surface area (Å²) in [5, 5.41) is 0. The van der Waals surface area contributed by atoms with E-state index in [2.05, 4.69) is 0 Å². The molecule has 0 N–H and O–H groups in total. The predicted molar refractivity (Wildman–Crippen MR) is 61.8 cm³/mol. The zero-order chi connectivity index (χ0) is 11.4. The van der Waals surface area contributed by atoms with E-state index < -0.39 is 0 Å². The summed E-state index contributed by atoms with van der Waals surface area (Å²) < 4.78 is 0. The number of nitrogens with zero attached hydrogens (tertiary/aromatic N) is 1. The Balaban J connectivity index is 3.05. The van der Waals surface area contributed by atoms with E-state index in [9.17, 15) is 4.79 Å². The van der Waals surface area contributed by atoms with Gasteiger partial charge in [-0.1, -0.05) is 12.1 Å². The highest BCUT2D eigenvalue weighted by atomic mass is 16.2. The van der Waals surface area contributed by atoms with Crippen molar-refractivity contribution in [1.29, 1.82) is 0 Å². The number of hydrogen-bond acceptors (Lipinski definition) is 1. The summed E-state index contributed by atoms with van der Waals surface area (Å²) in [5.74, 6) is 0.0600. The zero-order valence-electron chi connectivity index (χ0n) is 9.58. The van der Waals surface area contributed by atoms with E-state index in [0.717, 1.165) is 18.7 Å². The van der Waals surface area contributed by atoms with Gasteiger partial charge in [0.25, 0.3) is 5.91 Å². The van der Waals surface area contributed by atoms with Gasteiger partial charge >= 0.3 is 0 Å². The molecule has 0 aromatic heterocycles. The average molecular weight is 203 g/mol. The molecule has 1 aromatic rings. The molecule has 0 saturated heterocycles. The summed E-state index contributed by atoms with van der Waals surface area (Å²) >= 11 is 0. The quantitative estimate of drug-likeness (QED) is 0.739. The van der Waals surface area contributed by atoms with Gasteiger partial charge in [-0.15, -0.1) is 0 Å². The molecule has 1 rings (SSSR count). The second-order valence-corrected chi connectivity index (χ2v) is 3.50. The fourth-order valence-corrected chi connectivity index (χ4v) is 1.57. The molecule has 0 atom stereocenters. The molecule has 0 aliphatic heterocycles. The Hall–Kier alpha value is -1.31. The molecular formula is C13H17NO. The largest absolute Gasteiger partial charge is 0.339 e. The number of benzene rings is 1. The fourth-order valence-electron chi connectivity index (χ4n) is 1.57. The molecule has 0 aliphatic rings. The van der Waals surface area contributed by atoms with Crippen molar-refractivity contribution in [3.63, 3.8) is 0 Å². The summed E-state index contributed by atoms with van der Waals surface area (Å²) in [6, 6.07) is 5.46. The number of hydrogen-bond donors (Lipinski definition) is 0. The van der Waals surface area contributed by atoms with E-state index in [0.29, 0.717) is 11.1 Å². The van der Waals surface area contributed by atoms with Crippen LogP contribution in [0.15, 0.2) is 18.2 Å². The van der Waals surface area contributed by atoms with Crippen molar-refractivity contribution in [2.24, 2.45) is 0 Å². The maximum atomic E-state index is 12.1. The summed E-state index contributed by atoms with van der Waals surface area (Å²) in [6.07, 6.45) is 0. The third kappa shape index (κ3) is 2.38. The topological polar surface area (TPSA) is 20.3 Å². The van der Waals surface area contributed by atoms with E-state index in [-0.39, 0.29) is 5.91 Å². The second kappa shape index (κ2) is 4.96. The van der Waals surface area contributed by atoms with Crippen LogP contribution in [0.25, 0.3) is 0 Å². The lowest BCUT2D eigenvalue weighted by molar-refractivity contribution is 0.0772. The molecular weight excluding hydrogens is 186 g/mol. The van der Waals surface area contributed by atoms with Crippen molar-refractivity contribution >= 4 is 5.91 Å². The molecule has 0 fully saturated rings. The normalized spacial score (nSPS) is 10.1. The minimum absolute atomic E-state index is 0.0600. The molecule has 0 saturated carbocycles. The van der Waals surface area contributed by atoms with Gasteiger partial charge in [0, 0.05) is 18.7 Å². The Labute approximate surface area is 91.9 Å². The first-order valence-corrected chi connectivity index (χ1v) is 5.26. The molecule has 2 heteroatoms. The highest BCUT2D eigenvalue weighted by molar-refractivity contribution is 5.96. The number of carbonyl (C=O) groups is 1. The third-order valence-electron chi connectivity index (χ3n) is 2.66. The van der Waals surface area contributed by atoms with E-state index in [1.165, 1.54) is 0 Å². The number of carbonyl (C=O) groups excluding carboxylic acids is 1. The van der Waals surface area contributed by atoms with Gasteiger partial charge in [-0.25, -0.2) is 0 Å². The Morgan fingerprint density at radius 3 is 2.47 bits per heavy atom. The third-order valence-corrected chi connectivity index (χ3v) is 2.66. The SMILES string of the molecule is [CH]c1cccc(C(=O)N(CC)CC)c1C. The maximum absolute atomic E-state index is 12.1. The first-order chi connectivity index (χ1) is 7.11. The first kappa shape index (κ1) is 11.8. The highest BCUT2D eigenvalue weighted by Gasteiger charge is 2.14. The van der Waals surface area contributed by atoms with E-state index in [1.807, 2.05) is 39.0 Å². The van der Waals surface area contributed by atoms with E-state index in [4.69, 9.17) is 6.92 Å². The summed E-state index contributed by atoms with van der Waals surface area (Å²) in [6.45, 7) is 13.1. The molecule has 0 unspecified atom stereocenters. The Bertz CT molecular complexity index is 354. The van der Waals surface area contributed by atoms with Gasteiger partial charge < -0.3 is 4.90 Å². The van der Waals surface area contributed by atoms with Crippen LogP contribution in [0, 0.1) is 13.8 Å². The molecule has 1 aromatic carbocycles. The van der Waals surface area contributed by atoms with Crippen LogP contribution in [0.2, 0.25) is 0 Å². The van der Waals surface area contributed by atoms with Crippen LogP contribution >= 0.6 is 0 Å². The average Bonchev–Trinajstić information content (AvgIpc) is 2.23. The lowest BCUT2D eigenvalue weighted by Gasteiger charge is -2.20. The smallest absolute Gasteiger partial charge is 0.254 e. The molecule has 1 amide bonds. The van der Waals surface area contributed by atoms with E-state index >= 15 is 0 Å². The zero-order valence-corrected chi connectivity index (χ0v) is 9.58. The lowest BCUT2D eigenvalue weighted by atomic mass is 10.0. The monoisotopic (exact) mass is 203 g/mol. The highest BCUT2D eigenvalue weighted by Crippen LogP contribution is 2.14. The Morgan fingerprint density at radius 2 is 1.93 bits per heavy atom. The van der Waals surface area contributed by atoms with Crippen LogP contribution in [-0.4, -0.2) is 23.9 Å². The molecule has 2 radical (unpaired) electrons. The Morgan fingerprint density at radius 1 is 1.33 bits per heavy atom. The van der Waals surface area contributed by atoms with Crippen molar-refractivity contribution in [2.45, 2.75) is 20.8 Å². The minimum Gasteiger partial charge on any atom is -0.339 e. The van der Waals surface area contributed by atoms with Gasteiger partial charge in [-0.05, 0) is 44.9 Å². The van der Waals surface area contributed by atoms with Crippen LogP contribution in [0.1, 0.15) is 35.3 Å². The molecule has 0 bridgehead atoms. The van der Waals surface area contributed by atoms with Crippen molar-refractivity contribution in [1.82, 2.24) is 4.90 Å². The predicted octanol–water partition coefficient (Wildman–Crippen LogP) is 2.54. The standard InChI is InChI=1S/C13H17NO/c1-5-14(6-2)13(15)12-9-7-8-10(3)11(12)4/h3,7-9H,5-6H2,1-2,4H3. The Kier molecular flexibility index (Phi) is 3.89. The summed E-state index contributed by atoms with van der Waals surface area (Å²) in [7, 11) is 0. The number of amides is 1. The fraction of sp³-hybridized carbons (Fsp3) is 0.385. The van der Waals surface area contributed by atoms with Gasteiger partial charge in [-0.2, -0.15) is 0 Å². The molecule has 15 heavy (non-hydrogen) atoms. The first-order valence-electron chi connectivity index (χ1n) is 5.26. The maximum Gasteiger partial charge on any atom is 0.254 e. The van der Waals surface area contributed by atoms with Crippen molar-refractivity contribution < 1.29 is 4.79 Å². The van der Waals surface area contributed by atoms with Crippen LogP contribution in [0.5, 0.6) is 0 Å². The summed E-state index contributed by atoms with van der Waals surface area (Å²) in [4.78, 5) is 13.8. The van der Waals surface area contributed by atoms with Gasteiger partial charge in [0.05, 0.1) is 0 Å². The van der Waals surface area contributed by atoms with Crippen molar-refractivity contribution in [3.05, 3.63) is 41.8 Å². The van der Waals surface area contributed by atoms with Gasteiger partial charge in [0.1, 0.15) is 0 Å². The van der Waals surface area contributed by atoms with Crippen molar-refractivity contribution in [3.8, 4) is 0 Å². The van der Waals surface area contributed by atoms with E-state index in [1.54, 1.807) is 4.90 Å². The second-order valence-electron chi connectivity index (χ2n) is 3.50. The summed E-state index contributed by atoms with van der Waals surface area (Å²) in [5.41, 5.74) is 2.25. The molecule has 80 valence electrons. The lowest BCUT2D eigenvalue weighted by Crippen LogP contribution is -2.31. The number of rotatable bonds is 3. The van der Waals surface area contributed by atoms with Gasteiger partial charge in [0.2, 0.25) is 0 Å². The molecule has 0 spiro atoms. The molecule has 0 aliphatic carbocycles. The molecule has 2 nitrogen and oxygen atoms in total. The van der Waals surface area contributed by atoms with Crippen LogP contribution in [-0.2, 0) is 0 Å². The van der Waals surface area contributed by atoms with Crippen LogP contribution in [0.4, 0.5) is 0 Å².